The zero-order valence-electron chi connectivity index (χ0n) is 14.0. The van der Waals surface area contributed by atoms with Gasteiger partial charge in [-0.05, 0) is 46.9 Å². The molecule has 1 aliphatic heterocycles. The Morgan fingerprint density at radius 2 is 2.12 bits per heavy atom. The number of amides is 2. The minimum absolute atomic E-state index is 0.227. The number of carbonyl (C=O) groups is 2. The predicted molar refractivity (Wildman–Crippen MR) is 105 cm³/mol. The number of ether oxygens (including phenoxy) is 1. The topological polar surface area (TPSA) is 58.6 Å². The van der Waals surface area contributed by atoms with E-state index in [9.17, 15) is 9.59 Å². The van der Waals surface area contributed by atoms with Gasteiger partial charge in [0.1, 0.15) is 6.61 Å². The average molecular weight is 460 g/mol. The summed E-state index contributed by atoms with van der Waals surface area (Å²) >= 11 is 3.94. The minimum atomic E-state index is -0.492. The van der Waals surface area contributed by atoms with Crippen LogP contribution in [0, 0.1) is 3.57 Å². The molecule has 2 rings (SSSR count). The van der Waals surface area contributed by atoms with Gasteiger partial charge in [0.25, 0.3) is 0 Å². The molecule has 1 heterocycles. The molecule has 24 heavy (non-hydrogen) atoms. The maximum atomic E-state index is 12.6. The summed E-state index contributed by atoms with van der Waals surface area (Å²) < 4.78 is 6.42. The van der Waals surface area contributed by atoms with Crippen molar-refractivity contribution in [1.29, 1.82) is 0 Å². The average Bonchev–Trinajstić information content (AvgIpc) is 2.56. The van der Waals surface area contributed by atoms with Gasteiger partial charge in [-0.15, -0.1) is 0 Å². The fraction of sp³-hybridized carbons (Fsp3) is 0.412. The standard InChI is InChI=1S/C17H21IN2O3S/c1-4-24-10-9-23-16(21)14-11(2)20(3)17(22)19-15(14)12-7-5-6-8-13(12)18/h5-8,15H,4,9-10H2,1-3H3,(H,19,22)/t15-/m0/s1. The van der Waals surface area contributed by atoms with Crippen molar-refractivity contribution in [3.05, 3.63) is 44.7 Å². The summed E-state index contributed by atoms with van der Waals surface area (Å²) in [6, 6.07) is 6.99. The Labute approximate surface area is 160 Å². The highest BCUT2D eigenvalue weighted by atomic mass is 127. The molecule has 7 heteroatoms. The lowest BCUT2D eigenvalue weighted by Gasteiger charge is -2.33. The molecule has 5 nitrogen and oxygen atoms in total. The maximum Gasteiger partial charge on any atom is 0.338 e. The van der Waals surface area contributed by atoms with Crippen LogP contribution in [0.3, 0.4) is 0 Å². The number of halogens is 1. The van der Waals surface area contributed by atoms with E-state index >= 15 is 0 Å². The molecule has 0 saturated carbocycles. The van der Waals surface area contributed by atoms with Gasteiger partial charge in [0.15, 0.2) is 0 Å². The number of hydrogen-bond donors (Lipinski definition) is 1. The molecule has 2 amide bonds. The predicted octanol–water partition coefficient (Wildman–Crippen LogP) is 3.56. The van der Waals surface area contributed by atoms with Gasteiger partial charge in [-0.2, -0.15) is 11.8 Å². The van der Waals surface area contributed by atoms with E-state index in [1.807, 2.05) is 24.3 Å². The van der Waals surface area contributed by atoms with E-state index in [0.717, 1.165) is 20.6 Å². The number of carbonyl (C=O) groups excluding carboxylic acids is 2. The lowest BCUT2D eigenvalue weighted by atomic mass is 9.95. The Morgan fingerprint density at radius 1 is 1.42 bits per heavy atom. The van der Waals surface area contributed by atoms with E-state index in [-0.39, 0.29) is 12.0 Å². The van der Waals surface area contributed by atoms with Crippen LogP contribution < -0.4 is 5.32 Å². The van der Waals surface area contributed by atoms with Gasteiger partial charge in [-0.25, -0.2) is 9.59 Å². The first-order valence-electron chi connectivity index (χ1n) is 7.71. The van der Waals surface area contributed by atoms with Crippen LogP contribution in [0.2, 0.25) is 0 Å². The van der Waals surface area contributed by atoms with E-state index in [2.05, 4.69) is 34.8 Å². The summed E-state index contributed by atoms with van der Waals surface area (Å²) in [6.45, 7) is 4.21. The molecule has 1 aliphatic rings. The largest absolute Gasteiger partial charge is 0.461 e. The Morgan fingerprint density at radius 3 is 2.79 bits per heavy atom. The SMILES string of the molecule is CCSCCOC(=O)C1=C(C)N(C)C(=O)N[C@H]1c1ccccc1I. The van der Waals surface area contributed by atoms with Gasteiger partial charge in [-0.1, -0.05) is 25.1 Å². The number of benzene rings is 1. The molecule has 1 aromatic rings. The molecule has 1 aromatic carbocycles. The van der Waals surface area contributed by atoms with E-state index in [1.54, 1.807) is 25.7 Å². The Balaban J connectivity index is 2.32. The fourth-order valence-electron chi connectivity index (χ4n) is 2.46. The molecule has 1 atom stereocenters. The van der Waals surface area contributed by atoms with Crippen molar-refractivity contribution in [3.8, 4) is 0 Å². The van der Waals surface area contributed by atoms with Crippen molar-refractivity contribution >= 4 is 46.4 Å². The van der Waals surface area contributed by atoms with Crippen LogP contribution in [0.5, 0.6) is 0 Å². The van der Waals surface area contributed by atoms with E-state index in [1.165, 1.54) is 4.90 Å². The molecule has 130 valence electrons. The Kier molecular flexibility index (Phi) is 6.97. The van der Waals surface area contributed by atoms with Gasteiger partial charge in [-0.3, -0.25) is 0 Å². The van der Waals surface area contributed by atoms with Gasteiger partial charge in [0.05, 0.1) is 11.6 Å². The number of hydrogen-bond acceptors (Lipinski definition) is 4. The summed E-state index contributed by atoms with van der Waals surface area (Å²) in [5, 5.41) is 2.90. The third kappa shape index (κ3) is 4.24. The first kappa shape index (κ1) is 19.1. The van der Waals surface area contributed by atoms with Crippen LogP contribution in [0.15, 0.2) is 35.5 Å². The number of esters is 1. The van der Waals surface area contributed by atoms with Crippen molar-refractivity contribution in [2.45, 2.75) is 19.9 Å². The molecule has 0 aliphatic carbocycles. The first-order chi connectivity index (χ1) is 11.5. The summed E-state index contributed by atoms with van der Waals surface area (Å²) in [5.41, 5.74) is 2.01. The van der Waals surface area contributed by atoms with Crippen LogP contribution in [-0.2, 0) is 9.53 Å². The van der Waals surface area contributed by atoms with Gasteiger partial charge in [0.2, 0.25) is 0 Å². The first-order valence-corrected chi connectivity index (χ1v) is 9.95. The van der Waals surface area contributed by atoms with Crippen molar-refractivity contribution in [2.75, 3.05) is 25.2 Å². The lowest BCUT2D eigenvalue weighted by Crippen LogP contribution is -2.46. The van der Waals surface area contributed by atoms with Crippen molar-refractivity contribution < 1.29 is 14.3 Å². The van der Waals surface area contributed by atoms with Gasteiger partial charge >= 0.3 is 12.0 Å². The Bertz CT molecular complexity index is 663. The lowest BCUT2D eigenvalue weighted by molar-refractivity contribution is -0.139. The van der Waals surface area contributed by atoms with E-state index in [4.69, 9.17) is 4.74 Å². The smallest absolute Gasteiger partial charge is 0.338 e. The van der Waals surface area contributed by atoms with Crippen LogP contribution >= 0.6 is 34.4 Å². The minimum Gasteiger partial charge on any atom is -0.461 e. The molecule has 0 saturated heterocycles. The summed E-state index contributed by atoms with van der Waals surface area (Å²) in [4.78, 5) is 26.3. The molecule has 0 spiro atoms. The molecular weight excluding hydrogens is 439 g/mol. The van der Waals surface area contributed by atoms with Gasteiger partial charge < -0.3 is 15.0 Å². The molecule has 1 N–H and O–H groups in total. The highest BCUT2D eigenvalue weighted by Crippen LogP contribution is 2.32. The number of thioether (sulfide) groups is 1. The van der Waals surface area contributed by atoms with Crippen LogP contribution in [0.25, 0.3) is 0 Å². The number of allylic oxidation sites excluding steroid dienone is 1. The number of rotatable bonds is 6. The van der Waals surface area contributed by atoms with Crippen LogP contribution in [0.4, 0.5) is 4.79 Å². The summed E-state index contributed by atoms with van der Waals surface area (Å²) in [6.07, 6.45) is 0. The maximum absolute atomic E-state index is 12.6. The molecule has 0 radical (unpaired) electrons. The molecule has 0 bridgehead atoms. The van der Waals surface area contributed by atoms with E-state index < -0.39 is 6.04 Å². The van der Waals surface area contributed by atoms with E-state index in [0.29, 0.717) is 17.9 Å². The van der Waals surface area contributed by atoms with Gasteiger partial charge in [0, 0.05) is 22.1 Å². The monoisotopic (exact) mass is 460 g/mol. The third-order valence-electron chi connectivity index (χ3n) is 3.86. The molecular formula is C17H21IN2O3S. The fourth-order valence-corrected chi connectivity index (χ4v) is 3.65. The van der Waals surface area contributed by atoms with Crippen molar-refractivity contribution in [1.82, 2.24) is 10.2 Å². The second kappa shape index (κ2) is 8.75. The number of nitrogens with zero attached hydrogens (tertiary/aromatic N) is 1. The second-order valence-electron chi connectivity index (χ2n) is 5.29. The van der Waals surface area contributed by atoms with Crippen molar-refractivity contribution in [2.24, 2.45) is 0 Å². The van der Waals surface area contributed by atoms with Crippen LogP contribution in [-0.4, -0.2) is 42.1 Å². The third-order valence-corrected chi connectivity index (χ3v) is 5.70. The highest BCUT2D eigenvalue weighted by Gasteiger charge is 2.35. The molecule has 0 aromatic heterocycles. The molecule has 0 fully saturated rings. The molecule has 0 unspecified atom stereocenters. The highest BCUT2D eigenvalue weighted by molar-refractivity contribution is 14.1. The summed E-state index contributed by atoms with van der Waals surface area (Å²) in [5.74, 6) is 1.38. The Hall–Kier alpha value is -1.22. The second-order valence-corrected chi connectivity index (χ2v) is 7.85. The quantitative estimate of drug-likeness (QED) is 0.401. The van der Waals surface area contributed by atoms with Crippen LogP contribution in [0.1, 0.15) is 25.5 Å². The summed E-state index contributed by atoms with van der Waals surface area (Å²) in [7, 11) is 1.65. The zero-order valence-corrected chi connectivity index (χ0v) is 16.9. The number of nitrogens with one attached hydrogen (secondary N) is 1. The van der Waals surface area contributed by atoms with Crippen molar-refractivity contribution in [3.63, 3.8) is 0 Å². The zero-order chi connectivity index (χ0) is 17.7. The number of urea groups is 1. The normalized spacial score (nSPS) is 17.8.